The Hall–Kier alpha value is -2.34. The Balaban J connectivity index is 1.32. The summed E-state index contributed by atoms with van der Waals surface area (Å²) in [7, 11) is 1.73. The van der Waals surface area contributed by atoms with Crippen molar-refractivity contribution in [2.45, 2.75) is 77.8 Å². The molecule has 2 aliphatic rings. The highest BCUT2D eigenvalue weighted by Crippen LogP contribution is 2.33. The molecule has 6 heteroatoms. The predicted octanol–water partition coefficient (Wildman–Crippen LogP) is 4.23. The van der Waals surface area contributed by atoms with Crippen molar-refractivity contribution in [1.82, 2.24) is 19.8 Å². The lowest BCUT2D eigenvalue weighted by atomic mass is 9.89. The summed E-state index contributed by atoms with van der Waals surface area (Å²) < 4.78 is 7.70. The van der Waals surface area contributed by atoms with Crippen molar-refractivity contribution in [3.05, 3.63) is 46.5 Å². The average Bonchev–Trinajstić information content (AvgIpc) is 3.21. The van der Waals surface area contributed by atoms with Crippen LogP contribution in [0.1, 0.15) is 77.9 Å². The molecule has 1 aromatic heterocycles. The molecule has 2 aliphatic heterocycles. The van der Waals surface area contributed by atoms with E-state index in [1.807, 2.05) is 6.20 Å². The summed E-state index contributed by atoms with van der Waals surface area (Å²) in [6.07, 6.45) is 8.82. The monoisotopic (exact) mass is 438 g/mol. The summed E-state index contributed by atoms with van der Waals surface area (Å²) in [4.78, 5) is 19.9. The molecule has 0 radical (unpaired) electrons. The summed E-state index contributed by atoms with van der Waals surface area (Å²) in [5.41, 5.74) is 4.25. The van der Waals surface area contributed by atoms with Crippen molar-refractivity contribution in [2.24, 2.45) is 0 Å². The Labute approximate surface area is 192 Å². The molecular weight excluding hydrogens is 400 g/mol. The van der Waals surface area contributed by atoms with E-state index in [9.17, 15) is 4.79 Å². The minimum atomic E-state index is -0.0497. The number of benzene rings is 1. The second-order valence-electron chi connectivity index (χ2n) is 9.61. The van der Waals surface area contributed by atoms with Gasteiger partial charge in [0.05, 0.1) is 7.11 Å². The maximum Gasteiger partial charge on any atom is 0.271 e. The standard InChI is InChI=1S/C26H38N4O2/c1-18-14-22(15-19(2)25(18)32-4)21-9-10-24-28-23(17-30(24)16-21)26(31)27-11-7-13-29-12-6-5-8-20(29)3/h14-15,17,20-21H,5-13,16H2,1-4H3,(H,27,31)/t20-,21-/m0/s1. The first-order chi connectivity index (χ1) is 15.5. The summed E-state index contributed by atoms with van der Waals surface area (Å²) in [5.74, 6) is 2.38. The van der Waals surface area contributed by atoms with Crippen LogP contribution in [0, 0.1) is 13.8 Å². The maximum atomic E-state index is 12.7. The Bertz CT molecular complexity index is 928. The highest BCUT2D eigenvalue weighted by atomic mass is 16.5. The molecule has 1 saturated heterocycles. The van der Waals surface area contributed by atoms with Crippen LogP contribution in [-0.2, 0) is 13.0 Å². The van der Waals surface area contributed by atoms with Crippen molar-refractivity contribution >= 4 is 5.91 Å². The third-order valence-electron chi connectivity index (χ3n) is 7.23. The third-order valence-corrected chi connectivity index (χ3v) is 7.23. The third kappa shape index (κ3) is 5.01. The van der Waals surface area contributed by atoms with Gasteiger partial charge < -0.3 is 19.5 Å². The lowest BCUT2D eigenvalue weighted by molar-refractivity contribution is 0.0944. The highest BCUT2D eigenvalue weighted by molar-refractivity contribution is 5.92. The van der Waals surface area contributed by atoms with Gasteiger partial charge in [-0.05, 0) is 69.7 Å². The number of hydrogen-bond acceptors (Lipinski definition) is 4. The van der Waals surface area contributed by atoms with Gasteiger partial charge in [0.2, 0.25) is 0 Å². The van der Waals surface area contributed by atoms with E-state index in [1.54, 1.807) is 7.11 Å². The van der Waals surface area contributed by atoms with Gasteiger partial charge in [-0.15, -0.1) is 0 Å². The van der Waals surface area contributed by atoms with Crippen LogP contribution >= 0.6 is 0 Å². The van der Waals surface area contributed by atoms with Crippen LogP contribution < -0.4 is 10.1 Å². The van der Waals surface area contributed by atoms with Gasteiger partial charge in [0.25, 0.3) is 5.91 Å². The molecular formula is C26H38N4O2. The molecule has 1 fully saturated rings. The van der Waals surface area contributed by atoms with E-state index in [2.05, 4.69) is 52.7 Å². The van der Waals surface area contributed by atoms with Gasteiger partial charge >= 0.3 is 0 Å². The number of rotatable bonds is 7. The number of amides is 1. The fourth-order valence-corrected chi connectivity index (χ4v) is 5.43. The number of carbonyl (C=O) groups is 1. The summed E-state index contributed by atoms with van der Waals surface area (Å²) >= 11 is 0. The van der Waals surface area contributed by atoms with Crippen LogP contribution in [0.25, 0.3) is 0 Å². The molecule has 6 nitrogen and oxygen atoms in total. The number of nitrogens with one attached hydrogen (secondary N) is 1. The Morgan fingerprint density at radius 2 is 2.00 bits per heavy atom. The normalized spacial score (nSPS) is 21.2. The zero-order chi connectivity index (χ0) is 22.7. The van der Waals surface area contributed by atoms with Crippen LogP contribution in [-0.4, -0.2) is 53.1 Å². The minimum absolute atomic E-state index is 0.0497. The average molecular weight is 439 g/mol. The molecule has 0 saturated carbocycles. The number of fused-ring (bicyclic) bond motifs is 1. The van der Waals surface area contributed by atoms with E-state index in [0.717, 1.165) is 43.9 Å². The number of hydrogen-bond donors (Lipinski definition) is 1. The molecule has 0 aliphatic carbocycles. The van der Waals surface area contributed by atoms with E-state index >= 15 is 0 Å². The molecule has 1 N–H and O–H groups in total. The molecule has 0 unspecified atom stereocenters. The van der Waals surface area contributed by atoms with Crippen molar-refractivity contribution in [2.75, 3.05) is 26.7 Å². The van der Waals surface area contributed by atoms with Crippen LogP contribution in [0.2, 0.25) is 0 Å². The molecule has 174 valence electrons. The van der Waals surface area contributed by atoms with Crippen LogP contribution in [0.3, 0.4) is 0 Å². The van der Waals surface area contributed by atoms with Crippen molar-refractivity contribution in [3.63, 3.8) is 0 Å². The number of piperidine rings is 1. The molecule has 3 heterocycles. The SMILES string of the molecule is COc1c(C)cc([C@H]2CCc3nc(C(=O)NCCCN4CCCC[C@@H]4C)cn3C2)cc1C. The smallest absolute Gasteiger partial charge is 0.271 e. The van der Waals surface area contributed by atoms with E-state index < -0.39 is 0 Å². The first kappa shape index (κ1) is 22.8. The van der Waals surface area contributed by atoms with Gasteiger partial charge in [-0.2, -0.15) is 0 Å². The highest BCUT2D eigenvalue weighted by Gasteiger charge is 2.24. The van der Waals surface area contributed by atoms with Crippen molar-refractivity contribution < 1.29 is 9.53 Å². The van der Waals surface area contributed by atoms with Gasteiger partial charge in [-0.25, -0.2) is 4.98 Å². The Kier molecular flexibility index (Phi) is 7.19. The number of aromatic nitrogens is 2. The van der Waals surface area contributed by atoms with E-state index in [1.165, 1.54) is 42.5 Å². The maximum absolute atomic E-state index is 12.7. The molecule has 2 atom stereocenters. The number of nitrogens with zero attached hydrogens (tertiary/aromatic N) is 3. The van der Waals surface area contributed by atoms with Gasteiger partial charge in [0.15, 0.2) is 0 Å². The fraction of sp³-hybridized carbons (Fsp3) is 0.615. The zero-order valence-electron chi connectivity index (χ0n) is 20.1. The van der Waals surface area contributed by atoms with E-state index in [4.69, 9.17) is 4.74 Å². The number of ether oxygens (including phenoxy) is 1. The molecule has 2 aromatic rings. The van der Waals surface area contributed by atoms with Crippen LogP contribution in [0.15, 0.2) is 18.3 Å². The molecule has 1 aromatic carbocycles. The fourth-order valence-electron chi connectivity index (χ4n) is 5.43. The number of likely N-dealkylation sites (tertiary alicyclic amines) is 1. The van der Waals surface area contributed by atoms with E-state index in [-0.39, 0.29) is 5.91 Å². The first-order valence-corrected chi connectivity index (χ1v) is 12.2. The van der Waals surface area contributed by atoms with Crippen molar-refractivity contribution in [3.8, 4) is 5.75 Å². The van der Waals surface area contributed by atoms with E-state index in [0.29, 0.717) is 24.2 Å². The topological polar surface area (TPSA) is 59.4 Å². The number of imidazole rings is 1. The summed E-state index contributed by atoms with van der Waals surface area (Å²) in [6, 6.07) is 5.16. The van der Waals surface area contributed by atoms with Gasteiger partial charge in [0.1, 0.15) is 17.3 Å². The van der Waals surface area contributed by atoms with Crippen molar-refractivity contribution in [1.29, 1.82) is 0 Å². The number of carbonyl (C=O) groups excluding carboxylic acids is 1. The minimum Gasteiger partial charge on any atom is -0.496 e. The van der Waals surface area contributed by atoms with Crippen LogP contribution in [0.4, 0.5) is 0 Å². The summed E-state index contributed by atoms with van der Waals surface area (Å²) in [6.45, 7) is 10.4. The van der Waals surface area contributed by atoms with Gasteiger partial charge in [-0.1, -0.05) is 18.6 Å². The quantitative estimate of drug-likeness (QED) is 0.657. The lowest BCUT2D eigenvalue weighted by Gasteiger charge is -2.33. The number of methoxy groups -OCH3 is 1. The molecule has 4 rings (SSSR count). The molecule has 1 amide bonds. The predicted molar refractivity (Wildman–Crippen MR) is 128 cm³/mol. The zero-order valence-corrected chi connectivity index (χ0v) is 20.1. The van der Waals surface area contributed by atoms with Gasteiger partial charge in [0, 0.05) is 44.2 Å². The molecule has 0 spiro atoms. The largest absolute Gasteiger partial charge is 0.496 e. The molecule has 0 bridgehead atoms. The second kappa shape index (κ2) is 10.1. The first-order valence-electron chi connectivity index (χ1n) is 12.2. The summed E-state index contributed by atoms with van der Waals surface area (Å²) in [5, 5.41) is 3.08. The Morgan fingerprint density at radius 1 is 1.22 bits per heavy atom. The van der Waals surface area contributed by atoms with Crippen LogP contribution in [0.5, 0.6) is 5.75 Å². The van der Waals surface area contributed by atoms with Gasteiger partial charge in [-0.3, -0.25) is 4.79 Å². The Morgan fingerprint density at radius 3 is 2.72 bits per heavy atom. The number of aryl methyl sites for hydroxylation is 3. The second-order valence-corrected chi connectivity index (χ2v) is 9.61. The lowest BCUT2D eigenvalue weighted by Crippen LogP contribution is -2.39. The molecule has 32 heavy (non-hydrogen) atoms.